The second-order valence-corrected chi connectivity index (χ2v) is 7.13. The summed E-state index contributed by atoms with van der Waals surface area (Å²) in [6, 6.07) is 6.04. The van der Waals surface area contributed by atoms with Gasteiger partial charge in [0.25, 0.3) is 5.91 Å². The van der Waals surface area contributed by atoms with Crippen molar-refractivity contribution in [3.05, 3.63) is 51.5 Å². The monoisotopic (exact) mass is 314 g/mol. The number of carbonyl (C=O) groups is 1. The molecule has 0 radical (unpaired) electrons. The Morgan fingerprint density at radius 3 is 2.86 bits per heavy atom. The van der Waals surface area contributed by atoms with E-state index in [0.29, 0.717) is 6.54 Å². The highest BCUT2D eigenvalue weighted by molar-refractivity contribution is 7.14. The molecule has 22 heavy (non-hydrogen) atoms. The topological polar surface area (TPSA) is 33.2 Å². The van der Waals surface area contributed by atoms with E-state index in [1.54, 1.807) is 22.4 Å². The fourth-order valence-electron chi connectivity index (χ4n) is 2.98. The van der Waals surface area contributed by atoms with Gasteiger partial charge in [0, 0.05) is 30.9 Å². The van der Waals surface area contributed by atoms with Crippen LogP contribution in [0.5, 0.6) is 0 Å². The van der Waals surface area contributed by atoms with Gasteiger partial charge < -0.3 is 4.90 Å². The Morgan fingerprint density at radius 1 is 1.27 bits per heavy atom. The van der Waals surface area contributed by atoms with Crippen molar-refractivity contribution < 1.29 is 4.79 Å². The quantitative estimate of drug-likeness (QED) is 0.855. The number of fused-ring (bicyclic) bond motifs is 1. The fraction of sp³-hybridized carbons (Fsp3) is 0.444. The van der Waals surface area contributed by atoms with Crippen LogP contribution in [0.4, 0.5) is 0 Å². The molecule has 2 aromatic rings. The number of aromatic nitrogens is 1. The summed E-state index contributed by atoms with van der Waals surface area (Å²) >= 11 is 1.70. The van der Waals surface area contributed by atoms with Gasteiger partial charge in [0.15, 0.2) is 0 Å². The predicted molar refractivity (Wildman–Crippen MR) is 90.2 cm³/mol. The molecule has 4 heteroatoms. The van der Waals surface area contributed by atoms with E-state index in [1.165, 1.54) is 36.1 Å². The van der Waals surface area contributed by atoms with Crippen molar-refractivity contribution in [1.82, 2.24) is 9.88 Å². The van der Waals surface area contributed by atoms with Gasteiger partial charge in [0.05, 0.1) is 4.88 Å². The van der Waals surface area contributed by atoms with Crippen LogP contribution in [0.25, 0.3) is 0 Å². The maximum atomic E-state index is 12.7. The van der Waals surface area contributed by atoms with Crippen LogP contribution in [-0.2, 0) is 19.4 Å². The molecule has 2 heterocycles. The minimum atomic E-state index is 0.126. The number of hydrogen-bond acceptors (Lipinski definition) is 3. The third-order valence-corrected chi connectivity index (χ3v) is 5.42. The standard InChI is InChI=1S/C18H22N2OS/c1-20(13-14-7-6-10-19-12-14)18(21)17-11-15-8-4-2-3-5-9-16(15)22-17/h6-7,10-12H,2-5,8-9,13H2,1H3. The molecule has 0 fully saturated rings. The molecule has 0 N–H and O–H groups in total. The summed E-state index contributed by atoms with van der Waals surface area (Å²) in [5.74, 6) is 0.126. The van der Waals surface area contributed by atoms with Crippen LogP contribution >= 0.6 is 11.3 Å². The largest absolute Gasteiger partial charge is 0.337 e. The van der Waals surface area contributed by atoms with Crippen molar-refractivity contribution in [2.45, 2.75) is 45.1 Å². The fourth-order valence-corrected chi connectivity index (χ4v) is 4.22. The Balaban J connectivity index is 1.73. The van der Waals surface area contributed by atoms with Crippen LogP contribution in [0.15, 0.2) is 30.6 Å². The van der Waals surface area contributed by atoms with Gasteiger partial charge in [-0.05, 0) is 48.9 Å². The lowest BCUT2D eigenvalue weighted by molar-refractivity contribution is 0.0789. The van der Waals surface area contributed by atoms with E-state index in [0.717, 1.165) is 23.3 Å². The molecule has 1 aliphatic carbocycles. The van der Waals surface area contributed by atoms with Gasteiger partial charge >= 0.3 is 0 Å². The Morgan fingerprint density at radius 2 is 2.09 bits per heavy atom. The highest BCUT2D eigenvalue weighted by Gasteiger charge is 2.18. The van der Waals surface area contributed by atoms with Gasteiger partial charge in [-0.1, -0.05) is 18.9 Å². The van der Waals surface area contributed by atoms with Crippen LogP contribution in [-0.4, -0.2) is 22.8 Å². The molecule has 0 atom stereocenters. The third kappa shape index (κ3) is 3.55. The van der Waals surface area contributed by atoms with E-state index >= 15 is 0 Å². The Labute approximate surface area is 136 Å². The first-order valence-corrected chi connectivity index (χ1v) is 8.81. The summed E-state index contributed by atoms with van der Waals surface area (Å²) < 4.78 is 0. The van der Waals surface area contributed by atoms with E-state index in [2.05, 4.69) is 11.1 Å². The summed E-state index contributed by atoms with van der Waals surface area (Å²) in [5, 5.41) is 0. The van der Waals surface area contributed by atoms with E-state index < -0.39 is 0 Å². The molecule has 0 aromatic carbocycles. The second kappa shape index (κ2) is 7.05. The summed E-state index contributed by atoms with van der Waals surface area (Å²) in [6.07, 6.45) is 11.0. The number of aryl methyl sites for hydroxylation is 2. The first kappa shape index (κ1) is 15.2. The lowest BCUT2D eigenvalue weighted by atomic mass is 10.00. The van der Waals surface area contributed by atoms with Crippen molar-refractivity contribution in [2.24, 2.45) is 0 Å². The first-order valence-electron chi connectivity index (χ1n) is 8.00. The van der Waals surface area contributed by atoms with Gasteiger partial charge in [-0.15, -0.1) is 11.3 Å². The van der Waals surface area contributed by atoms with Crippen molar-refractivity contribution in [3.8, 4) is 0 Å². The van der Waals surface area contributed by atoms with E-state index in [1.807, 2.05) is 25.4 Å². The summed E-state index contributed by atoms with van der Waals surface area (Å²) in [7, 11) is 1.87. The molecular formula is C18H22N2OS. The number of amides is 1. The average Bonchev–Trinajstić information content (AvgIpc) is 2.89. The zero-order valence-corrected chi connectivity index (χ0v) is 13.9. The van der Waals surface area contributed by atoms with Crippen molar-refractivity contribution in [2.75, 3.05) is 7.05 Å². The number of rotatable bonds is 3. The molecule has 1 aliphatic rings. The minimum absolute atomic E-state index is 0.126. The average molecular weight is 314 g/mol. The van der Waals surface area contributed by atoms with Gasteiger partial charge in [-0.3, -0.25) is 9.78 Å². The molecule has 1 amide bonds. The maximum absolute atomic E-state index is 12.7. The highest BCUT2D eigenvalue weighted by atomic mass is 32.1. The Bertz CT molecular complexity index is 610. The number of nitrogens with zero attached hydrogens (tertiary/aromatic N) is 2. The molecule has 2 aromatic heterocycles. The number of hydrogen-bond donors (Lipinski definition) is 0. The smallest absolute Gasteiger partial charge is 0.263 e. The lowest BCUT2D eigenvalue weighted by Crippen LogP contribution is -2.25. The van der Waals surface area contributed by atoms with Crippen LogP contribution < -0.4 is 0 Å². The molecule has 0 unspecified atom stereocenters. The summed E-state index contributed by atoms with van der Waals surface area (Å²) in [5.41, 5.74) is 2.47. The van der Waals surface area contributed by atoms with Crippen molar-refractivity contribution in [3.63, 3.8) is 0 Å². The van der Waals surface area contributed by atoms with E-state index in [-0.39, 0.29) is 5.91 Å². The van der Waals surface area contributed by atoms with Gasteiger partial charge in [-0.25, -0.2) is 0 Å². The highest BCUT2D eigenvalue weighted by Crippen LogP contribution is 2.29. The number of thiophene rings is 1. The molecule has 0 aliphatic heterocycles. The summed E-state index contributed by atoms with van der Waals surface area (Å²) in [6.45, 7) is 0.606. The molecule has 0 saturated heterocycles. The molecule has 0 spiro atoms. The zero-order valence-electron chi connectivity index (χ0n) is 13.0. The van der Waals surface area contributed by atoms with Gasteiger partial charge in [0.1, 0.15) is 0 Å². The predicted octanol–water partition coefficient (Wildman–Crippen LogP) is 4.07. The SMILES string of the molecule is CN(Cc1cccnc1)C(=O)c1cc2c(s1)CCCCCC2. The molecular weight excluding hydrogens is 292 g/mol. The van der Waals surface area contributed by atoms with Gasteiger partial charge in [0.2, 0.25) is 0 Å². The zero-order chi connectivity index (χ0) is 15.4. The van der Waals surface area contributed by atoms with Crippen LogP contribution in [0, 0.1) is 0 Å². The van der Waals surface area contributed by atoms with Crippen LogP contribution in [0.2, 0.25) is 0 Å². The summed E-state index contributed by atoms with van der Waals surface area (Å²) in [4.78, 5) is 20.9. The molecule has 0 saturated carbocycles. The first-order chi connectivity index (χ1) is 10.7. The third-order valence-electron chi connectivity index (χ3n) is 4.20. The number of pyridine rings is 1. The maximum Gasteiger partial charge on any atom is 0.263 e. The van der Waals surface area contributed by atoms with Gasteiger partial charge in [-0.2, -0.15) is 0 Å². The minimum Gasteiger partial charge on any atom is -0.337 e. The van der Waals surface area contributed by atoms with E-state index in [4.69, 9.17) is 0 Å². The molecule has 0 bridgehead atoms. The van der Waals surface area contributed by atoms with E-state index in [9.17, 15) is 4.79 Å². The van der Waals surface area contributed by atoms with Crippen LogP contribution in [0.1, 0.15) is 51.4 Å². The number of carbonyl (C=O) groups excluding carboxylic acids is 1. The molecule has 116 valence electrons. The van der Waals surface area contributed by atoms with Crippen LogP contribution in [0.3, 0.4) is 0 Å². The molecule has 3 nitrogen and oxygen atoms in total. The lowest BCUT2D eigenvalue weighted by Gasteiger charge is -2.15. The normalized spacial score (nSPS) is 14.8. The Hall–Kier alpha value is -1.68. The second-order valence-electron chi connectivity index (χ2n) is 6.00. The van der Waals surface area contributed by atoms with Crippen molar-refractivity contribution in [1.29, 1.82) is 0 Å². The van der Waals surface area contributed by atoms with Crippen molar-refractivity contribution >= 4 is 17.2 Å². The molecule has 3 rings (SSSR count). The Kier molecular flexibility index (Phi) is 4.88.